The average molecular weight is 225 g/mol. The SMILES string of the molecule is CC(C)C(C)NC(=O)C1=NN(C)C(=O)CC1. The van der Waals surface area contributed by atoms with Crippen LogP contribution >= 0.6 is 0 Å². The average Bonchev–Trinajstić information content (AvgIpc) is 2.21. The van der Waals surface area contributed by atoms with Gasteiger partial charge in [-0.25, -0.2) is 5.01 Å². The zero-order valence-corrected chi connectivity index (χ0v) is 10.3. The van der Waals surface area contributed by atoms with Gasteiger partial charge in [0.25, 0.3) is 5.91 Å². The number of nitrogens with zero attached hydrogens (tertiary/aromatic N) is 2. The fourth-order valence-corrected chi connectivity index (χ4v) is 1.29. The first-order valence-corrected chi connectivity index (χ1v) is 5.56. The highest BCUT2D eigenvalue weighted by molar-refractivity contribution is 6.39. The lowest BCUT2D eigenvalue weighted by molar-refractivity contribution is -0.130. The molecule has 1 aliphatic rings. The molecule has 1 unspecified atom stereocenters. The van der Waals surface area contributed by atoms with Crippen molar-refractivity contribution in [1.29, 1.82) is 0 Å². The number of rotatable bonds is 3. The number of carbonyl (C=O) groups is 2. The molecule has 0 aliphatic carbocycles. The normalized spacial score (nSPS) is 18.4. The molecule has 0 aromatic rings. The molecule has 0 aromatic carbocycles. The third kappa shape index (κ3) is 3.05. The van der Waals surface area contributed by atoms with Crippen LogP contribution in [-0.4, -0.2) is 35.6 Å². The van der Waals surface area contributed by atoms with E-state index in [1.807, 2.05) is 20.8 Å². The van der Waals surface area contributed by atoms with Gasteiger partial charge in [-0.3, -0.25) is 9.59 Å². The van der Waals surface area contributed by atoms with Gasteiger partial charge in [0.05, 0.1) is 0 Å². The predicted octanol–water partition coefficient (Wildman–Crippen LogP) is 0.755. The maximum Gasteiger partial charge on any atom is 0.267 e. The first-order valence-electron chi connectivity index (χ1n) is 5.56. The molecule has 0 saturated heterocycles. The molecule has 1 rings (SSSR count). The van der Waals surface area contributed by atoms with Gasteiger partial charge in [-0.1, -0.05) is 13.8 Å². The van der Waals surface area contributed by atoms with Gasteiger partial charge in [-0.2, -0.15) is 5.10 Å². The zero-order valence-electron chi connectivity index (χ0n) is 10.3. The van der Waals surface area contributed by atoms with Gasteiger partial charge in [0, 0.05) is 25.9 Å². The van der Waals surface area contributed by atoms with Crippen molar-refractivity contribution in [1.82, 2.24) is 10.3 Å². The largest absolute Gasteiger partial charge is 0.348 e. The first kappa shape index (κ1) is 12.7. The topological polar surface area (TPSA) is 61.8 Å². The minimum absolute atomic E-state index is 0.0477. The van der Waals surface area contributed by atoms with Crippen LogP contribution < -0.4 is 5.32 Å². The second-order valence-electron chi connectivity index (χ2n) is 4.47. The Bertz CT molecular complexity index is 323. The number of amides is 2. The zero-order chi connectivity index (χ0) is 12.3. The molecular weight excluding hydrogens is 206 g/mol. The van der Waals surface area contributed by atoms with Crippen LogP contribution in [0.15, 0.2) is 5.10 Å². The van der Waals surface area contributed by atoms with E-state index in [2.05, 4.69) is 10.4 Å². The Balaban J connectivity index is 2.62. The van der Waals surface area contributed by atoms with Crippen molar-refractivity contribution in [3.8, 4) is 0 Å². The molecule has 0 radical (unpaired) electrons. The molecule has 90 valence electrons. The van der Waals surface area contributed by atoms with Crippen LogP contribution in [0, 0.1) is 5.92 Å². The van der Waals surface area contributed by atoms with Crippen molar-refractivity contribution in [3.63, 3.8) is 0 Å². The molecule has 16 heavy (non-hydrogen) atoms. The summed E-state index contributed by atoms with van der Waals surface area (Å²) in [5.74, 6) is 0.168. The van der Waals surface area contributed by atoms with E-state index in [1.54, 1.807) is 7.05 Å². The van der Waals surface area contributed by atoms with Crippen molar-refractivity contribution in [2.45, 2.75) is 39.7 Å². The minimum atomic E-state index is -0.166. The Morgan fingerprint density at radius 1 is 1.38 bits per heavy atom. The Morgan fingerprint density at radius 2 is 2.00 bits per heavy atom. The summed E-state index contributed by atoms with van der Waals surface area (Å²) in [5.41, 5.74) is 0.439. The molecule has 0 saturated carbocycles. The molecule has 1 heterocycles. The van der Waals surface area contributed by atoms with E-state index in [0.29, 0.717) is 24.5 Å². The minimum Gasteiger partial charge on any atom is -0.348 e. The lowest BCUT2D eigenvalue weighted by Crippen LogP contribution is -2.43. The van der Waals surface area contributed by atoms with E-state index in [-0.39, 0.29) is 17.9 Å². The standard InChI is InChI=1S/C11H19N3O2/c1-7(2)8(3)12-11(16)9-5-6-10(15)14(4)13-9/h7-8H,5-6H2,1-4H3,(H,12,16). The number of nitrogens with one attached hydrogen (secondary N) is 1. The highest BCUT2D eigenvalue weighted by Gasteiger charge is 2.23. The number of hydrogen-bond acceptors (Lipinski definition) is 3. The summed E-state index contributed by atoms with van der Waals surface area (Å²) in [6.07, 6.45) is 0.790. The molecule has 5 nitrogen and oxygen atoms in total. The predicted molar refractivity (Wildman–Crippen MR) is 61.9 cm³/mol. The van der Waals surface area contributed by atoms with Gasteiger partial charge in [-0.05, 0) is 12.8 Å². The van der Waals surface area contributed by atoms with Crippen LogP contribution in [0.4, 0.5) is 0 Å². The number of hydrazone groups is 1. The van der Waals surface area contributed by atoms with E-state index in [0.717, 1.165) is 0 Å². The van der Waals surface area contributed by atoms with Crippen molar-refractivity contribution >= 4 is 17.5 Å². The summed E-state index contributed by atoms with van der Waals surface area (Å²) < 4.78 is 0. The molecule has 0 bridgehead atoms. The molecule has 1 aliphatic heterocycles. The van der Waals surface area contributed by atoms with Crippen LogP contribution in [-0.2, 0) is 9.59 Å². The fraction of sp³-hybridized carbons (Fsp3) is 0.727. The monoisotopic (exact) mass is 225 g/mol. The third-order valence-electron chi connectivity index (χ3n) is 2.83. The van der Waals surface area contributed by atoms with Gasteiger partial charge in [0.15, 0.2) is 0 Å². The summed E-state index contributed by atoms with van der Waals surface area (Å²) in [4.78, 5) is 23.0. The molecule has 0 spiro atoms. The first-order chi connectivity index (χ1) is 7.41. The quantitative estimate of drug-likeness (QED) is 0.770. The van der Waals surface area contributed by atoms with Crippen LogP contribution in [0.1, 0.15) is 33.6 Å². The second kappa shape index (κ2) is 5.09. The highest BCUT2D eigenvalue weighted by Crippen LogP contribution is 2.08. The molecule has 1 atom stereocenters. The molecular formula is C11H19N3O2. The highest BCUT2D eigenvalue weighted by atomic mass is 16.2. The Morgan fingerprint density at radius 3 is 2.50 bits per heavy atom. The van der Waals surface area contributed by atoms with Crippen LogP contribution in [0.5, 0.6) is 0 Å². The second-order valence-corrected chi connectivity index (χ2v) is 4.47. The molecule has 1 N–H and O–H groups in total. The fourth-order valence-electron chi connectivity index (χ4n) is 1.29. The van der Waals surface area contributed by atoms with Crippen molar-refractivity contribution in [2.75, 3.05) is 7.05 Å². The van der Waals surface area contributed by atoms with Gasteiger partial charge >= 0.3 is 0 Å². The van der Waals surface area contributed by atoms with E-state index in [4.69, 9.17) is 0 Å². The molecule has 0 aromatic heterocycles. The van der Waals surface area contributed by atoms with E-state index >= 15 is 0 Å². The third-order valence-corrected chi connectivity index (χ3v) is 2.83. The van der Waals surface area contributed by atoms with Gasteiger partial charge in [0.2, 0.25) is 5.91 Å². The van der Waals surface area contributed by atoms with Crippen molar-refractivity contribution < 1.29 is 9.59 Å². The van der Waals surface area contributed by atoms with E-state index < -0.39 is 0 Å². The smallest absolute Gasteiger partial charge is 0.267 e. The summed E-state index contributed by atoms with van der Waals surface area (Å²) in [7, 11) is 1.57. The Labute approximate surface area is 95.9 Å². The molecule has 0 fully saturated rings. The van der Waals surface area contributed by atoms with Crippen LogP contribution in [0.3, 0.4) is 0 Å². The van der Waals surface area contributed by atoms with Gasteiger partial charge in [0.1, 0.15) is 5.71 Å². The van der Waals surface area contributed by atoms with Crippen molar-refractivity contribution in [2.24, 2.45) is 11.0 Å². The lowest BCUT2D eigenvalue weighted by Gasteiger charge is -2.22. The maximum absolute atomic E-state index is 11.8. The van der Waals surface area contributed by atoms with Gasteiger partial charge < -0.3 is 5.32 Å². The lowest BCUT2D eigenvalue weighted by atomic mass is 10.1. The summed E-state index contributed by atoms with van der Waals surface area (Å²) in [6, 6.07) is 0.109. The Kier molecular flexibility index (Phi) is 4.04. The van der Waals surface area contributed by atoms with Crippen LogP contribution in [0.25, 0.3) is 0 Å². The molecule has 2 amide bonds. The summed E-state index contributed by atoms with van der Waals surface area (Å²) >= 11 is 0. The summed E-state index contributed by atoms with van der Waals surface area (Å²) in [5, 5.41) is 8.08. The summed E-state index contributed by atoms with van der Waals surface area (Å²) in [6.45, 7) is 6.05. The van der Waals surface area contributed by atoms with E-state index in [1.165, 1.54) is 5.01 Å². The van der Waals surface area contributed by atoms with Crippen LogP contribution in [0.2, 0.25) is 0 Å². The maximum atomic E-state index is 11.8. The molecule has 5 heteroatoms. The number of carbonyl (C=O) groups excluding carboxylic acids is 2. The van der Waals surface area contributed by atoms with Crippen molar-refractivity contribution in [3.05, 3.63) is 0 Å². The van der Waals surface area contributed by atoms with E-state index in [9.17, 15) is 9.59 Å². The Hall–Kier alpha value is -1.39. The van der Waals surface area contributed by atoms with Gasteiger partial charge in [-0.15, -0.1) is 0 Å². The number of hydrogen-bond donors (Lipinski definition) is 1.